The van der Waals surface area contributed by atoms with Crippen LogP contribution >= 0.6 is 0 Å². The molecule has 0 heterocycles. The Bertz CT molecular complexity index is 297. The summed E-state index contributed by atoms with van der Waals surface area (Å²) in [4.78, 5) is 0. The molecule has 1 aliphatic carbocycles. The van der Waals surface area contributed by atoms with Gasteiger partial charge < -0.3 is 9.84 Å². The van der Waals surface area contributed by atoms with Crippen LogP contribution in [0.5, 0.6) is 0 Å². The second-order valence-electron chi connectivity index (χ2n) is 9.31. The summed E-state index contributed by atoms with van der Waals surface area (Å²) in [6, 6.07) is 0. The number of ether oxygens (including phenoxy) is 1. The highest BCUT2D eigenvalue weighted by Crippen LogP contribution is 2.21. The first-order valence-corrected chi connectivity index (χ1v) is 13.1. The largest absolute Gasteiger partial charge is 0.393 e. The molecule has 1 N–H and O–H groups in total. The molecule has 1 aliphatic rings. The molecule has 1 rings (SSSR count). The fourth-order valence-electron chi connectivity index (χ4n) is 4.47. The van der Waals surface area contributed by atoms with E-state index in [2.05, 4.69) is 6.92 Å². The van der Waals surface area contributed by atoms with E-state index in [1.807, 2.05) is 0 Å². The van der Waals surface area contributed by atoms with Crippen LogP contribution in [0.1, 0.15) is 148 Å². The molecule has 0 amide bonds. The van der Waals surface area contributed by atoms with Gasteiger partial charge in [-0.2, -0.15) is 0 Å². The standard InChI is InChI=1S/C26H52O2/c1-2-3-4-5-6-7-8-9-10-11-12-13-14-15-16-17-18-19-24-28-26-22-20-25(27)21-23-26/h25-27H,2-24H2,1H3. The highest BCUT2D eigenvalue weighted by atomic mass is 16.5. The van der Waals surface area contributed by atoms with Crippen LogP contribution in [0.2, 0.25) is 0 Å². The van der Waals surface area contributed by atoms with E-state index in [9.17, 15) is 5.11 Å². The molecular weight excluding hydrogens is 344 g/mol. The second-order valence-corrected chi connectivity index (χ2v) is 9.31. The number of aliphatic hydroxyl groups excluding tert-OH is 1. The molecule has 28 heavy (non-hydrogen) atoms. The maximum atomic E-state index is 9.51. The zero-order valence-corrected chi connectivity index (χ0v) is 19.3. The summed E-state index contributed by atoms with van der Waals surface area (Å²) in [5.41, 5.74) is 0. The molecule has 0 saturated heterocycles. The van der Waals surface area contributed by atoms with Crippen LogP contribution in [0.3, 0.4) is 0 Å². The molecule has 0 aromatic heterocycles. The molecule has 2 heteroatoms. The second kappa shape index (κ2) is 20.2. The van der Waals surface area contributed by atoms with E-state index in [1.54, 1.807) is 0 Å². The maximum Gasteiger partial charge on any atom is 0.0577 e. The van der Waals surface area contributed by atoms with Crippen LogP contribution in [-0.4, -0.2) is 23.9 Å². The number of aliphatic hydroxyl groups is 1. The van der Waals surface area contributed by atoms with Crippen molar-refractivity contribution in [2.75, 3.05) is 6.61 Å². The summed E-state index contributed by atoms with van der Waals surface area (Å²) in [7, 11) is 0. The molecule has 1 fully saturated rings. The van der Waals surface area contributed by atoms with Crippen molar-refractivity contribution in [2.45, 2.75) is 160 Å². The molecule has 0 aliphatic heterocycles. The lowest BCUT2D eigenvalue weighted by Crippen LogP contribution is -2.24. The Hall–Kier alpha value is -0.0800. The average Bonchev–Trinajstić information content (AvgIpc) is 2.71. The lowest BCUT2D eigenvalue weighted by molar-refractivity contribution is -0.00447. The summed E-state index contributed by atoms with van der Waals surface area (Å²) in [5, 5.41) is 9.51. The van der Waals surface area contributed by atoms with Gasteiger partial charge in [-0.15, -0.1) is 0 Å². The quantitative estimate of drug-likeness (QED) is 0.209. The van der Waals surface area contributed by atoms with Gasteiger partial charge in [-0.3, -0.25) is 0 Å². The topological polar surface area (TPSA) is 29.5 Å². The van der Waals surface area contributed by atoms with Crippen molar-refractivity contribution in [2.24, 2.45) is 0 Å². The molecule has 1 saturated carbocycles. The molecule has 0 aromatic rings. The van der Waals surface area contributed by atoms with E-state index in [0.29, 0.717) is 6.10 Å². The number of rotatable bonds is 20. The summed E-state index contributed by atoms with van der Waals surface area (Å²) >= 11 is 0. The first kappa shape index (κ1) is 26.0. The number of unbranched alkanes of at least 4 members (excludes halogenated alkanes) is 17. The van der Waals surface area contributed by atoms with E-state index >= 15 is 0 Å². The summed E-state index contributed by atoms with van der Waals surface area (Å²) < 4.78 is 5.95. The van der Waals surface area contributed by atoms with Crippen molar-refractivity contribution in [3.05, 3.63) is 0 Å². The molecule has 2 nitrogen and oxygen atoms in total. The Balaban J connectivity index is 1.66. The van der Waals surface area contributed by atoms with Gasteiger partial charge in [0.05, 0.1) is 12.2 Å². The van der Waals surface area contributed by atoms with Crippen molar-refractivity contribution < 1.29 is 9.84 Å². The van der Waals surface area contributed by atoms with Crippen LogP contribution in [0.25, 0.3) is 0 Å². The Kier molecular flexibility index (Phi) is 18.7. The van der Waals surface area contributed by atoms with Crippen LogP contribution in [-0.2, 0) is 4.74 Å². The highest BCUT2D eigenvalue weighted by Gasteiger charge is 2.19. The fraction of sp³-hybridized carbons (Fsp3) is 1.00. The summed E-state index contributed by atoms with van der Waals surface area (Å²) in [5.74, 6) is 0. The summed E-state index contributed by atoms with van der Waals surface area (Å²) in [6.45, 7) is 3.22. The minimum Gasteiger partial charge on any atom is -0.393 e. The van der Waals surface area contributed by atoms with Gasteiger partial charge in [0.15, 0.2) is 0 Å². The minimum atomic E-state index is -0.0649. The van der Waals surface area contributed by atoms with Gasteiger partial charge in [0, 0.05) is 6.61 Å². The van der Waals surface area contributed by atoms with Crippen LogP contribution in [0.15, 0.2) is 0 Å². The lowest BCUT2D eigenvalue weighted by atomic mass is 9.95. The Morgan fingerprint density at radius 3 is 1.29 bits per heavy atom. The molecule has 0 unspecified atom stereocenters. The summed E-state index contributed by atoms with van der Waals surface area (Å²) in [6.07, 6.45) is 30.0. The zero-order valence-electron chi connectivity index (χ0n) is 19.3. The third kappa shape index (κ3) is 16.8. The molecule has 0 spiro atoms. The third-order valence-electron chi connectivity index (χ3n) is 6.50. The monoisotopic (exact) mass is 396 g/mol. The van der Waals surface area contributed by atoms with Crippen LogP contribution < -0.4 is 0 Å². The average molecular weight is 397 g/mol. The highest BCUT2D eigenvalue weighted by molar-refractivity contribution is 4.71. The van der Waals surface area contributed by atoms with Gasteiger partial charge >= 0.3 is 0 Å². The van der Waals surface area contributed by atoms with Crippen molar-refractivity contribution in [3.63, 3.8) is 0 Å². The van der Waals surface area contributed by atoms with Gasteiger partial charge in [-0.1, -0.05) is 116 Å². The predicted octanol–water partition coefficient (Wildman–Crippen LogP) is 8.35. The molecule has 0 bridgehead atoms. The molecule has 0 atom stereocenters. The van der Waals surface area contributed by atoms with Crippen LogP contribution in [0.4, 0.5) is 0 Å². The Morgan fingerprint density at radius 1 is 0.536 bits per heavy atom. The van der Waals surface area contributed by atoms with Gasteiger partial charge in [0.25, 0.3) is 0 Å². The SMILES string of the molecule is CCCCCCCCCCCCCCCCCCCCOC1CCC(O)CC1. The van der Waals surface area contributed by atoms with Crippen molar-refractivity contribution in [1.82, 2.24) is 0 Å². The number of hydrogen-bond donors (Lipinski definition) is 1. The third-order valence-corrected chi connectivity index (χ3v) is 6.50. The molecular formula is C26H52O2. The van der Waals surface area contributed by atoms with E-state index < -0.39 is 0 Å². The molecule has 0 radical (unpaired) electrons. The normalized spacial score (nSPS) is 19.9. The Morgan fingerprint density at radius 2 is 0.893 bits per heavy atom. The van der Waals surface area contributed by atoms with Crippen LogP contribution in [0, 0.1) is 0 Å². The minimum absolute atomic E-state index is 0.0649. The van der Waals surface area contributed by atoms with Crippen molar-refractivity contribution in [3.8, 4) is 0 Å². The van der Waals surface area contributed by atoms with E-state index in [-0.39, 0.29) is 6.10 Å². The lowest BCUT2D eigenvalue weighted by Gasteiger charge is -2.25. The van der Waals surface area contributed by atoms with E-state index in [4.69, 9.17) is 4.74 Å². The molecule has 168 valence electrons. The molecule has 0 aromatic carbocycles. The first-order chi connectivity index (χ1) is 13.8. The maximum absolute atomic E-state index is 9.51. The first-order valence-electron chi connectivity index (χ1n) is 13.1. The van der Waals surface area contributed by atoms with Gasteiger partial charge in [-0.05, 0) is 32.1 Å². The van der Waals surface area contributed by atoms with Gasteiger partial charge in [-0.25, -0.2) is 0 Å². The zero-order chi connectivity index (χ0) is 20.1. The predicted molar refractivity (Wildman–Crippen MR) is 123 cm³/mol. The van der Waals surface area contributed by atoms with Crippen molar-refractivity contribution >= 4 is 0 Å². The Labute approximate surface area is 177 Å². The van der Waals surface area contributed by atoms with Gasteiger partial charge in [0.2, 0.25) is 0 Å². The van der Waals surface area contributed by atoms with E-state index in [0.717, 1.165) is 32.3 Å². The van der Waals surface area contributed by atoms with Gasteiger partial charge in [0.1, 0.15) is 0 Å². The fourth-order valence-corrected chi connectivity index (χ4v) is 4.47. The van der Waals surface area contributed by atoms with E-state index in [1.165, 1.54) is 116 Å². The number of hydrogen-bond acceptors (Lipinski definition) is 2. The van der Waals surface area contributed by atoms with Crippen molar-refractivity contribution in [1.29, 1.82) is 0 Å². The smallest absolute Gasteiger partial charge is 0.0577 e.